The maximum atomic E-state index is 10.8. The normalized spacial score (nSPS) is 10.1. The van der Waals surface area contributed by atoms with Gasteiger partial charge >= 0.3 is 0 Å². The second-order valence-corrected chi connectivity index (χ2v) is 4.43. The lowest BCUT2D eigenvalue weighted by molar-refractivity contribution is -0.384. The van der Waals surface area contributed by atoms with Crippen LogP contribution in [-0.2, 0) is 6.61 Å². The maximum absolute atomic E-state index is 10.8. The van der Waals surface area contributed by atoms with Gasteiger partial charge in [-0.25, -0.2) is 0 Å². The van der Waals surface area contributed by atoms with Crippen LogP contribution in [0.1, 0.15) is 5.56 Å². The van der Waals surface area contributed by atoms with Gasteiger partial charge in [-0.15, -0.1) is 0 Å². The van der Waals surface area contributed by atoms with E-state index in [2.05, 4.69) is 5.43 Å². The second kappa shape index (κ2) is 6.23. The van der Waals surface area contributed by atoms with Crippen LogP contribution >= 0.6 is 11.6 Å². The average Bonchev–Trinajstić information content (AvgIpc) is 2.44. The molecule has 6 nitrogen and oxygen atoms in total. The van der Waals surface area contributed by atoms with Crippen LogP contribution in [0, 0.1) is 10.1 Å². The van der Waals surface area contributed by atoms with E-state index in [-0.39, 0.29) is 12.3 Å². The fraction of sp³-hybridized carbons (Fsp3) is 0.0769. The van der Waals surface area contributed by atoms with Crippen molar-refractivity contribution in [2.75, 3.05) is 5.43 Å². The molecule has 0 radical (unpaired) electrons. The Morgan fingerprint density at radius 1 is 1.30 bits per heavy atom. The predicted octanol–water partition coefficient (Wildman–Crippen LogP) is 3.11. The summed E-state index contributed by atoms with van der Waals surface area (Å²) in [6.07, 6.45) is 0. The molecule has 2 aromatic carbocycles. The number of nitrogens with zero attached hydrogens (tertiary/aromatic N) is 1. The quantitative estimate of drug-likeness (QED) is 0.502. The van der Waals surface area contributed by atoms with Gasteiger partial charge < -0.3 is 10.2 Å². The highest BCUT2D eigenvalue weighted by molar-refractivity contribution is 6.30. The van der Waals surface area contributed by atoms with Crippen LogP contribution in [0.15, 0.2) is 42.5 Å². The van der Waals surface area contributed by atoms with E-state index in [0.717, 1.165) is 0 Å². The van der Waals surface area contributed by atoms with Gasteiger partial charge in [0.2, 0.25) is 0 Å². The van der Waals surface area contributed by atoms with Crippen LogP contribution in [0.25, 0.3) is 0 Å². The third-order valence-electron chi connectivity index (χ3n) is 2.65. The predicted molar refractivity (Wildman–Crippen MR) is 76.7 cm³/mol. The van der Waals surface area contributed by atoms with E-state index < -0.39 is 4.92 Å². The van der Waals surface area contributed by atoms with Gasteiger partial charge in [0.25, 0.3) is 5.69 Å². The standard InChI is InChI=1S/C13H12ClN3O3/c14-10-2-1-3-12(7-10)20-8-9-6-11(17(18)19)4-5-13(9)16-15/h1-7,16H,8,15H2. The number of ether oxygens (including phenoxy) is 1. The van der Waals surface area contributed by atoms with E-state index in [4.69, 9.17) is 22.2 Å². The summed E-state index contributed by atoms with van der Waals surface area (Å²) in [7, 11) is 0. The molecule has 0 aliphatic carbocycles. The Labute approximate surface area is 120 Å². The number of nitrogen functional groups attached to an aromatic ring is 1. The maximum Gasteiger partial charge on any atom is 0.269 e. The Balaban J connectivity index is 2.19. The fourth-order valence-electron chi connectivity index (χ4n) is 1.67. The molecule has 0 unspecified atom stereocenters. The van der Waals surface area contributed by atoms with Crippen LogP contribution in [0.4, 0.5) is 11.4 Å². The van der Waals surface area contributed by atoms with E-state index in [1.165, 1.54) is 18.2 Å². The first-order valence-corrected chi connectivity index (χ1v) is 6.10. The number of anilines is 1. The number of halogens is 1. The molecule has 0 aromatic heterocycles. The van der Waals surface area contributed by atoms with Crippen LogP contribution in [0.3, 0.4) is 0 Å². The number of nitrogens with two attached hydrogens (primary N) is 1. The Bertz CT molecular complexity index is 634. The average molecular weight is 294 g/mol. The molecule has 0 aliphatic heterocycles. The summed E-state index contributed by atoms with van der Waals surface area (Å²) in [6.45, 7) is 0.140. The van der Waals surface area contributed by atoms with Gasteiger partial charge in [-0.3, -0.25) is 16.0 Å². The van der Waals surface area contributed by atoms with Gasteiger partial charge in [0, 0.05) is 22.7 Å². The van der Waals surface area contributed by atoms with Gasteiger partial charge in [0.15, 0.2) is 0 Å². The number of hydrogen-bond acceptors (Lipinski definition) is 5. The first kappa shape index (κ1) is 14.1. The molecule has 0 atom stereocenters. The Morgan fingerprint density at radius 3 is 2.75 bits per heavy atom. The molecule has 2 rings (SSSR count). The summed E-state index contributed by atoms with van der Waals surface area (Å²) < 4.78 is 5.55. The minimum Gasteiger partial charge on any atom is -0.489 e. The van der Waals surface area contributed by atoms with Gasteiger partial charge in [-0.2, -0.15) is 0 Å². The zero-order valence-electron chi connectivity index (χ0n) is 10.4. The van der Waals surface area contributed by atoms with Crippen molar-refractivity contribution in [2.45, 2.75) is 6.61 Å². The molecule has 3 N–H and O–H groups in total. The fourth-order valence-corrected chi connectivity index (χ4v) is 1.85. The number of hydrazine groups is 1. The smallest absolute Gasteiger partial charge is 0.269 e. The lowest BCUT2D eigenvalue weighted by Crippen LogP contribution is -2.10. The van der Waals surface area contributed by atoms with Crippen molar-refractivity contribution in [1.82, 2.24) is 0 Å². The largest absolute Gasteiger partial charge is 0.489 e. The monoisotopic (exact) mass is 293 g/mol. The number of nitro groups is 1. The molecular weight excluding hydrogens is 282 g/mol. The number of hydrogen-bond donors (Lipinski definition) is 2. The molecule has 104 valence electrons. The van der Waals surface area contributed by atoms with Crippen molar-refractivity contribution in [1.29, 1.82) is 0 Å². The van der Waals surface area contributed by atoms with Gasteiger partial charge in [-0.05, 0) is 24.3 Å². The van der Waals surface area contributed by atoms with Gasteiger partial charge in [0.05, 0.1) is 10.6 Å². The number of non-ortho nitro benzene ring substituents is 1. The third-order valence-corrected chi connectivity index (χ3v) is 2.88. The van der Waals surface area contributed by atoms with Crippen molar-refractivity contribution in [3.8, 4) is 5.75 Å². The molecule has 0 fully saturated rings. The molecule has 0 aliphatic rings. The zero-order valence-corrected chi connectivity index (χ0v) is 11.1. The zero-order chi connectivity index (χ0) is 14.5. The van der Waals surface area contributed by atoms with Crippen molar-refractivity contribution in [2.24, 2.45) is 5.84 Å². The molecule has 20 heavy (non-hydrogen) atoms. The molecule has 0 heterocycles. The summed E-state index contributed by atoms with van der Waals surface area (Å²) in [5.74, 6) is 5.95. The van der Waals surface area contributed by atoms with E-state index in [0.29, 0.717) is 22.0 Å². The number of rotatable bonds is 5. The molecular formula is C13H12ClN3O3. The molecule has 0 saturated heterocycles. The van der Waals surface area contributed by atoms with Crippen LogP contribution in [0.5, 0.6) is 5.75 Å². The number of nitrogens with one attached hydrogen (secondary N) is 1. The summed E-state index contributed by atoms with van der Waals surface area (Å²) in [5.41, 5.74) is 3.61. The van der Waals surface area contributed by atoms with Gasteiger partial charge in [0.1, 0.15) is 12.4 Å². The van der Waals surface area contributed by atoms with E-state index in [9.17, 15) is 10.1 Å². The van der Waals surface area contributed by atoms with Crippen LogP contribution in [0.2, 0.25) is 5.02 Å². The summed E-state index contributed by atoms with van der Waals surface area (Å²) in [5, 5.41) is 11.3. The van der Waals surface area contributed by atoms with Crippen molar-refractivity contribution in [3.05, 3.63) is 63.2 Å². The second-order valence-electron chi connectivity index (χ2n) is 3.99. The highest BCUT2D eigenvalue weighted by atomic mass is 35.5. The minimum atomic E-state index is -0.469. The topological polar surface area (TPSA) is 90.4 Å². The molecule has 0 bridgehead atoms. The van der Waals surface area contributed by atoms with Crippen LogP contribution in [-0.4, -0.2) is 4.92 Å². The van der Waals surface area contributed by atoms with Crippen molar-refractivity contribution >= 4 is 23.0 Å². The third kappa shape index (κ3) is 3.37. The van der Waals surface area contributed by atoms with Crippen molar-refractivity contribution in [3.63, 3.8) is 0 Å². The Kier molecular flexibility index (Phi) is 4.39. The summed E-state index contributed by atoms with van der Waals surface area (Å²) >= 11 is 5.85. The summed E-state index contributed by atoms with van der Waals surface area (Å²) in [6, 6.07) is 11.2. The van der Waals surface area contributed by atoms with Crippen molar-refractivity contribution < 1.29 is 9.66 Å². The van der Waals surface area contributed by atoms with Gasteiger partial charge in [-0.1, -0.05) is 17.7 Å². The molecule has 0 saturated carbocycles. The van der Waals surface area contributed by atoms with E-state index in [1.807, 2.05) is 0 Å². The lowest BCUT2D eigenvalue weighted by atomic mass is 10.1. The first-order chi connectivity index (χ1) is 9.60. The number of nitro benzene ring substituents is 1. The molecule has 2 aromatic rings. The van der Waals surface area contributed by atoms with Crippen LogP contribution < -0.4 is 16.0 Å². The number of benzene rings is 2. The molecule has 0 amide bonds. The SMILES string of the molecule is NNc1ccc([N+](=O)[O-])cc1COc1cccc(Cl)c1. The summed E-state index contributed by atoms with van der Waals surface area (Å²) in [4.78, 5) is 10.3. The highest BCUT2D eigenvalue weighted by Crippen LogP contribution is 2.24. The molecule has 0 spiro atoms. The molecule has 7 heteroatoms. The minimum absolute atomic E-state index is 0.0197. The Hall–Kier alpha value is -2.31. The van der Waals surface area contributed by atoms with E-state index in [1.54, 1.807) is 24.3 Å². The lowest BCUT2D eigenvalue weighted by Gasteiger charge is -2.10. The van der Waals surface area contributed by atoms with E-state index >= 15 is 0 Å². The Morgan fingerprint density at radius 2 is 2.10 bits per heavy atom. The highest BCUT2D eigenvalue weighted by Gasteiger charge is 2.11. The first-order valence-electron chi connectivity index (χ1n) is 5.72.